The van der Waals surface area contributed by atoms with Crippen LogP contribution in [-0.4, -0.2) is 52.2 Å². The van der Waals surface area contributed by atoms with E-state index in [1.54, 1.807) is 12.1 Å². The van der Waals surface area contributed by atoms with Gasteiger partial charge in [0.1, 0.15) is 5.75 Å². The predicted molar refractivity (Wildman–Crippen MR) is 84.8 cm³/mol. The lowest BCUT2D eigenvalue weighted by Crippen LogP contribution is -2.34. The lowest BCUT2D eigenvalue weighted by molar-refractivity contribution is -0.0507. The van der Waals surface area contributed by atoms with Crippen LogP contribution < -0.4 is 15.8 Å². The number of ether oxygens (including phenoxy) is 4. The number of hydrogen-bond acceptors (Lipinski definition) is 7. The molecule has 0 spiro atoms. The van der Waals surface area contributed by atoms with Gasteiger partial charge in [-0.05, 0) is 18.6 Å². The maximum atomic E-state index is 11.8. The Balaban J connectivity index is 1.75. The van der Waals surface area contributed by atoms with Gasteiger partial charge in [0.2, 0.25) is 0 Å². The Labute approximate surface area is 135 Å². The van der Waals surface area contributed by atoms with Gasteiger partial charge in [-0.15, -0.1) is 0 Å². The van der Waals surface area contributed by atoms with E-state index in [1.807, 2.05) is 0 Å². The number of benzene rings is 1. The van der Waals surface area contributed by atoms with Crippen LogP contribution in [0.2, 0.25) is 0 Å². The van der Waals surface area contributed by atoms with Crippen molar-refractivity contribution in [2.24, 2.45) is 5.92 Å². The SMILES string of the molecule is COC(=O)c1cc(NC[C@@H]2CCO2)c(N)c(OCC2COC2)c1. The fourth-order valence-electron chi connectivity index (χ4n) is 2.39. The molecule has 7 nitrogen and oxygen atoms in total. The van der Waals surface area contributed by atoms with E-state index in [9.17, 15) is 4.79 Å². The van der Waals surface area contributed by atoms with Crippen molar-refractivity contribution in [2.45, 2.75) is 12.5 Å². The van der Waals surface area contributed by atoms with Crippen molar-refractivity contribution in [3.05, 3.63) is 17.7 Å². The first-order valence-corrected chi connectivity index (χ1v) is 7.75. The van der Waals surface area contributed by atoms with Crippen molar-refractivity contribution in [3.8, 4) is 5.75 Å². The highest BCUT2D eigenvalue weighted by Crippen LogP contribution is 2.33. The largest absolute Gasteiger partial charge is 0.491 e. The van der Waals surface area contributed by atoms with E-state index in [1.165, 1.54) is 7.11 Å². The Morgan fingerprint density at radius 1 is 1.43 bits per heavy atom. The van der Waals surface area contributed by atoms with Crippen LogP contribution in [0.1, 0.15) is 16.8 Å². The molecule has 0 bridgehead atoms. The van der Waals surface area contributed by atoms with Gasteiger partial charge in [0, 0.05) is 19.1 Å². The fourth-order valence-corrected chi connectivity index (χ4v) is 2.39. The highest BCUT2D eigenvalue weighted by atomic mass is 16.5. The number of carbonyl (C=O) groups is 1. The lowest BCUT2D eigenvalue weighted by atomic mass is 10.1. The third kappa shape index (κ3) is 3.68. The van der Waals surface area contributed by atoms with Gasteiger partial charge in [-0.3, -0.25) is 0 Å². The minimum atomic E-state index is -0.426. The minimum Gasteiger partial charge on any atom is -0.491 e. The van der Waals surface area contributed by atoms with Crippen molar-refractivity contribution < 1.29 is 23.7 Å². The molecule has 0 saturated carbocycles. The number of nitrogen functional groups attached to an aromatic ring is 1. The number of carbonyl (C=O) groups excluding carboxylic acids is 1. The molecule has 2 heterocycles. The molecule has 2 aliphatic heterocycles. The summed E-state index contributed by atoms with van der Waals surface area (Å²) in [6.45, 7) is 3.34. The average Bonchev–Trinajstić information content (AvgIpc) is 2.46. The highest BCUT2D eigenvalue weighted by molar-refractivity contribution is 5.93. The summed E-state index contributed by atoms with van der Waals surface area (Å²) in [5.41, 5.74) is 7.71. The van der Waals surface area contributed by atoms with E-state index >= 15 is 0 Å². The van der Waals surface area contributed by atoms with Crippen LogP contribution in [0.3, 0.4) is 0 Å². The number of esters is 1. The lowest BCUT2D eigenvalue weighted by Gasteiger charge is -2.28. The van der Waals surface area contributed by atoms with Crippen LogP contribution in [0.25, 0.3) is 0 Å². The summed E-state index contributed by atoms with van der Waals surface area (Å²) in [7, 11) is 1.35. The van der Waals surface area contributed by atoms with Gasteiger partial charge in [0.15, 0.2) is 0 Å². The Kier molecular flexibility index (Phi) is 4.88. The summed E-state index contributed by atoms with van der Waals surface area (Å²) in [6, 6.07) is 3.30. The highest BCUT2D eigenvalue weighted by Gasteiger charge is 2.22. The molecule has 2 fully saturated rings. The standard InChI is InChI=1S/C16H22N2O5/c1-20-16(19)11-4-13(18-6-12-2-3-22-12)15(17)14(5-11)23-9-10-7-21-8-10/h4-5,10,12,18H,2-3,6-9,17H2,1H3/t12-/m0/s1. The van der Waals surface area contributed by atoms with Crippen LogP contribution in [0.5, 0.6) is 5.75 Å². The number of hydrogen-bond donors (Lipinski definition) is 2. The van der Waals surface area contributed by atoms with Gasteiger partial charge < -0.3 is 30.0 Å². The van der Waals surface area contributed by atoms with E-state index in [0.717, 1.165) is 13.0 Å². The molecule has 1 aromatic rings. The van der Waals surface area contributed by atoms with Crippen molar-refractivity contribution in [1.82, 2.24) is 0 Å². The van der Waals surface area contributed by atoms with Crippen molar-refractivity contribution in [2.75, 3.05) is 51.1 Å². The molecule has 2 saturated heterocycles. The quantitative estimate of drug-likeness (QED) is 0.577. The molecule has 0 amide bonds. The molecule has 0 unspecified atom stereocenters. The maximum Gasteiger partial charge on any atom is 0.338 e. The fraction of sp³-hybridized carbons (Fsp3) is 0.562. The first kappa shape index (κ1) is 15.9. The molecule has 126 valence electrons. The van der Waals surface area contributed by atoms with Gasteiger partial charge in [-0.25, -0.2) is 4.79 Å². The zero-order valence-electron chi connectivity index (χ0n) is 13.2. The molecular weight excluding hydrogens is 300 g/mol. The van der Waals surface area contributed by atoms with Crippen LogP contribution in [0.15, 0.2) is 12.1 Å². The van der Waals surface area contributed by atoms with Gasteiger partial charge in [-0.2, -0.15) is 0 Å². The average molecular weight is 322 g/mol. The Bertz CT molecular complexity index is 531. The topological polar surface area (TPSA) is 92.0 Å². The number of anilines is 2. The van der Waals surface area contributed by atoms with Crippen molar-refractivity contribution in [1.29, 1.82) is 0 Å². The van der Waals surface area contributed by atoms with Crippen molar-refractivity contribution in [3.63, 3.8) is 0 Å². The molecular formula is C16H22N2O5. The number of methoxy groups -OCH3 is 1. The van der Waals surface area contributed by atoms with E-state index in [2.05, 4.69) is 5.32 Å². The maximum absolute atomic E-state index is 11.8. The van der Waals surface area contributed by atoms with E-state index in [4.69, 9.17) is 24.7 Å². The molecule has 7 heteroatoms. The van der Waals surface area contributed by atoms with Crippen LogP contribution >= 0.6 is 0 Å². The molecule has 3 rings (SSSR count). The minimum absolute atomic E-state index is 0.188. The molecule has 2 aliphatic rings. The summed E-state index contributed by atoms with van der Waals surface area (Å²) in [4.78, 5) is 11.8. The third-order valence-corrected chi connectivity index (χ3v) is 4.06. The van der Waals surface area contributed by atoms with Crippen LogP contribution in [-0.2, 0) is 14.2 Å². The normalized spacial score (nSPS) is 20.3. The smallest absolute Gasteiger partial charge is 0.338 e. The van der Waals surface area contributed by atoms with Gasteiger partial charge in [-0.1, -0.05) is 0 Å². The molecule has 0 aliphatic carbocycles. The molecule has 1 atom stereocenters. The third-order valence-electron chi connectivity index (χ3n) is 4.06. The molecule has 23 heavy (non-hydrogen) atoms. The summed E-state index contributed by atoms with van der Waals surface area (Å²) < 4.78 is 21.1. The number of nitrogens with two attached hydrogens (primary N) is 1. The summed E-state index contributed by atoms with van der Waals surface area (Å²) >= 11 is 0. The van der Waals surface area contributed by atoms with Crippen LogP contribution in [0.4, 0.5) is 11.4 Å². The van der Waals surface area contributed by atoms with Gasteiger partial charge in [0.25, 0.3) is 0 Å². The zero-order chi connectivity index (χ0) is 16.2. The predicted octanol–water partition coefficient (Wildman–Crippen LogP) is 1.28. The second kappa shape index (κ2) is 7.06. The Morgan fingerprint density at radius 3 is 2.78 bits per heavy atom. The summed E-state index contributed by atoms with van der Waals surface area (Å²) in [5, 5.41) is 3.23. The van der Waals surface area contributed by atoms with E-state index in [-0.39, 0.29) is 6.10 Å². The Hall–Kier alpha value is -1.99. The first-order valence-electron chi connectivity index (χ1n) is 7.75. The zero-order valence-corrected chi connectivity index (χ0v) is 13.2. The van der Waals surface area contributed by atoms with E-state index < -0.39 is 5.97 Å². The molecule has 0 aromatic heterocycles. The Morgan fingerprint density at radius 2 is 2.22 bits per heavy atom. The van der Waals surface area contributed by atoms with Crippen LogP contribution in [0, 0.1) is 5.92 Å². The van der Waals surface area contributed by atoms with Gasteiger partial charge in [0.05, 0.1) is 50.0 Å². The number of rotatable bonds is 7. The monoisotopic (exact) mass is 322 g/mol. The summed E-state index contributed by atoms with van der Waals surface area (Å²) in [5.74, 6) is 0.428. The van der Waals surface area contributed by atoms with Crippen molar-refractivity contribution >= 4 is 17.3 Å². The molecule has 0 radical (unpaired) electrons. The second-order valence-electron chi connectivity index (χ2n) is 5.80. The number of nitrogens with one attached hydrogen (secondary N) is 1. The summed E-state index contributed by atoms with van der Waals surface area (Å²) in [6.07, 6.45) is 1.21. The second-order valence-corrected chi connectivity index (χ2v) is 5.80. The van der Waals surface area contributed by atoms with E-state index in [0.29, 0.717) is 55.0 Å². The van der Waals surface area contributed by atoms with Gasteiger partial charge >= 0.3 is 5.97 Å². The first-order chi connectivity index (χ1) is 11.2. The molecule has 3 N–H and O–H groups in total. The molecule has 1 aromatic carbocycles.